The summed E-state index contributed by atoms with van der Waals surface area (Å²) in [4.78, 5) is 2.69. The molecule has 2 heterocycles. The van der Waals surface area contributed by atoms with E-state index in [4.69, 9.17) is 0 Å². The molecule has 0 aliphatic carbocycles. The van der Waals surface area contributed by atoms with Crippen LogP contribution in [0.15, 0.2) is 24.3 Å². The van der Waals surface area contributed by atoms with Gasteiger partial charge in [0.15, 0.2) is 0 Å². The van der Waals surface area contributed by atoms with Gasteiger partial charge in [-0.1, -0.05) is 24.6 Å². The van der Waals surface area contributed by atoms with Crippen LogP contribution in [0.2, 0.25) is 0 Å². The van der Waals surface area contributed by atoms with Gasteiger partial charge in [0.25, 0.3) is 0 Å². The van der Waals surface area contributed by atoms with E-state index < -0.39 is 0 Å². The van der Waals surface area contributed by atoms with Gasteiger partial charge in [0, 0.05) is 17.8 Å². The van der Waals surface area contributed by atoms with E-state index in [2.05, 4.69) is 43.0 Å². The molecule has 0 saturated carbocycles. The van der Waals surface area contributed by atoms with Crippen LogP contribution in [0, 0.1) is 12.8 Å². The minimum absolute atomic E-state index is 0.816. The summed E-state index contributed by atoms with van der Waals surface area (Å²) in [5.41, 5.74) is 2.81. The highest BCUT2D eigenvalue weighted by molar-refractivity contribution is 5.51. The maximum atomic E-state index is 2.69. The number of hydrogen-bond donors (Lipinski definition) is 0. The fourth-order valence-electron chi connectivity index (χ4n) is 3.59. The smallest absolute Gasteiger partial charge is 0.0371 e. The molecule has 16 heavy (non-hydrogen) atoms. The summed E-state index contributed by atoms with van der Waals surface area (Å²) >= 11 is 0. The molecule has 0 radical (unpaired) electrons. The monoisotopic (exact) mass is 215 g/mol. The maximum absolute atomic E-state index is 2.69. The second-order valence-corrected chi connectivity index (χ2v) is 5.70. The molecular weight excluding hydrogens is 194 g/mol. The maximum Gasteiger partial charge on any atom is 0.0371 e. The van der Waals surface area contributed by atoms with Gasteiger partial charge in [-0.05, 0) is 50.7 Å². The van der Waals surface area contributed by atoms with Crippen molar-refractivity contribution in [3.63, 3.8) is 0 Å². The van der Waals surface area contributed by atoms with Crippen molar-refractivity contribution in [3.8, 4) is 0 Å². The Morgan fingerprint density at radius 2 is 1.56 bits per heavy atom. The molecule has 2 aliphatic rings. The lowest BCUT2D eigenvalue weighted by Crippen LogP contribution is -2.42. The van der Waals surface area contributed by atoms with Crippen molar-refractivity contribution < 1.29 is 0 Å². The molecule has 2 unspecified atom stereocenters. The second kappa shape index (κ2) is 3.80. The molecule has 1 aromatic rings. The van der Waals surface area contributed by atoms with Gasteiger partial charge in [-0.2, -0.15) is 0 Å². The first-order valence-corrected chi connectivity index (χ1v) is 6.59. The fraction of sp³-hybridized carbons (Fsp3) is 0.600. The van der Waals surface area contributed by atoms with E-state index in [0.29, 0.717) is 0 Å². The van der Waals surface area contributed by atoms with E-state index in [0.717, 1.165) is 18.0 Å². The molecule has 0 amide bonds. The van der Waals surface area contributed by atoms with Gasteiger partial charge >= 0.3 is 0 Å². The van der Waals surface area contributed by atoms with Crippen molar-refractivity contribution in [2.24, 2.45) is 5.92 Å². The Kier molecular flexibility index (Phi) is 2.42. The van der Waals surface area contributed by atoms with E-state index in [-0.39, 0.29) is 0 Å². The second-order valence-electron chi connectivity index (χ2n) is 5.70. The summed E-state index contributed by atoms with van der Waals surface area (Å²) in [7, 11) is 0. The van der Waals surface area contributed by atoms with Crippen molar-refractivity contribution in [2.75, 3.05) is 4.90 Å². The van der Waals surface area contributed by atoms with E-state index >= 15 is 0 Å². The van der Waals surface area contributed by atoms with E-state index in [9.17, 15) is 0 Å². The summed E-state index contributed by atoms with van der Waals surface area (Å²) in [6, 6.07) is 10.7. The van der Waals surface area contributed by atoms with Gasteiger partial charge in [0.2, 0.25) is 0 Å². The molecule has 3 rings (SSSR count). The minimum atomic E-state index is 0.816. The van der Waals surface area contributed by atoms with E-state index in [1.54, 1.807) is 0 Å². The molecular formula is C15H21N. The summed E-state index contributed by atoms with van der Waals surface area (Å²) in [5, 5.41) is 0. The Hall–Kier alpha value is -0.980. The van der Waals surface area contributed by atoms with Crippen LogP contribution in [0.5, 0.6) is 0 Å². The van der Waals surface area contributed by atoms with E-state index in [1.807, 2.05) is 0 Å². The zero-order chi connectivity index (χ0) is 11.1. The summed E-state index contributed by atoms with van der Waals surface area (Å²) in [6.07, 6.45) is 5.60. The van der Waals surface area contributed by atoms with Crippen molar-refractivity contribution >= 4 is 5.69 Å². The third-order valence-corrected chi connectivity index (χ3v) is 4.30. The lowest BCUT2D eigenvalue weighted by atomic mass is 9.92. The molecule has 2 fully saturated rings. The highest BCUT2D eigenvalue weighted by atomic mass is 15.2. The number of benzene rings is 1. The van der Waals surface area contributed by atoms with Crippen LogP contribution >= 0.6 is 0 Å². The number of aryl methyl sites for hydroxylation is 1. The first kappa shape index (κ1) is 10.2. The lowest BCUT2D eigenvalue weighted by molar-refractivity contribution is 0.363. The summed E-state index contributed by atoms with van der Waals surface area (Å²) in [5.74, 6) is 0.930. The zero-order valence-electron chi connectivity index (χ0n) is 10.3. The molecule has 0 spiro atoms. The van der Waals surface area contributed by atoms with Crippen molar-refractivity contribution in [1.82, 2.24) is 0 Å². The van der Waals surface area contributed by atoms with Gasteiger partial charge in [-0.15, -0.1) is 0 Å². The van der Waals surface area contributed by atoms with Crippen LogP contribution in [0.3, 0.4) is 0 Å². The first-order chi connectivity index (χ1) is 7.74. The summed E-state index contributed by atoms with van der Waals surface area (Å²) in [6.45, 7) is 4.58. The Morgan fingerprint density at radius 3 is 2.12 bits per heavy atom. The molecule has 0 aromatic heterocycles. The zero-order valence-corrected chi connectivity index (χ0v) is 10.3. The van der Waals surface area contributed by atoms with Gasteiger partial charge in [-0.25, -0.2) is 0 Å². The SMILES string of the molecule is Cc1ccc(N2C3CCC2CC(C)C3)cc1. The normalized spacial score (nSPS) is 33.1. The predicted molar refractivity (Wildman–Crippen MR) is 68.9 cm³/mol. The van der Waals surface area contributed by atoms with Crippen LogP contribution < -0.4 is 4.90 Å². The van der Waals surface area contributed by atoms with Crippen molar-refractivity contribution in [2.45, 2.75) is 51.6 Å². The minimum Gasteiger partial charge on any atom is -0.366 e. The van der Waals surface area contributed by atoms with Crippen molar-refractivity contribution in [3.05, 3.63) is 29.8 Å². The first-order valence-electron chi connectivity index (χ1n) is 6.59. The number of anilines is 1. The van der Waals surface area contributed by atoms with Crippen LogP contribution in [0.4, 0.5) is 5.69 Å². The molecule has 2 saturated heterocycles. The topological polar surface area (TPSA) is 3.24 Å². The highest BCUT2D eigenvalue weighted by Crippen LogP contribution is 2.41. The number of hydrogen-bond acceptors (Lipinski definition) is 1. The van der Waals surface area contributed by atoms with Crippen LogP contribution in [0.1, 0.15) is 38.2 Å². The standard InChI is InChI=1S/C15H21N/c1-11-3-5-13(6-4-11)16-14-7-8-15(16)10-12(2)9-14/h3-6,12,14-15H,7-10H2,1-2H3. The third kappa shape index (κ3) is 1.63. The number of nitrogens with zero attached hydrogens (tertiary/aromatic N) is 1. The number of piperidine rings is 1. The Bertz CT molecular complexity index is 354. The van der Waals surface area contributed by atoms with Crippen LogP contribution in [-0.2, 0) is 0 Å². The van der Waals surface area contributed by atoms with E-state index in [1.165, 1.54) is 36.9 Å². The molecule has 0 N–H and O–H groups in total. The molecule has 2 atom stereocenters. The van der Waals surface area contributed by atoms with Gasteiger partial charge in [-0.3, -0.25) is 0 Å². The average Bonchev–Trinajstić information content (AvgIpc) is 2.54. The molecule has 1 aromatic carbocycles. The van der Waals surface area contributed by atoms with Gasteiger partial charge in [0.05, 0.1) is 0 Å². The molecule has 1 nitrogen and oxygen atoms in total. The largest absolute Gasteiger partial charge is 0.366 e. The molecule has 1 heteroatoms. The van der Waals surface area contributed by atoms with Crippen LogP contribution in [0.25, 0.3) is 0 Å². The quantitative estimate of drug-likeness (QED) is 0.689. The van der Waals surface area contributed by atoms with Gasteiger partial charge in [0.1, 0.15) is 0 Å². The highest BCUT2D eigenvalue weighted by Gasteiger charge is 2.39. The lowest BCUT2D eigenvalue weighted by Gasteiger charge is -2.39. The summed E-state index contributed by atoms with van der Waals surface area (Å²) < 4.78 is 0. The molecule has 2 aliphatic heterocycles. The fourth-order valence-corrected chi connectivity index (χ4v) is 3.59. The average molecular weight is 215 g/mol. The van der Waals surface area contributed by atoms with Crippen molar-refractivity contribution in [1.29, 1.82) is 0 Å². The van der Waals surface area contributed by atoms with Crippen LogP contribution in [-0.4, -0.2) is 12.1 Å². The predicted octanol–water partition coefficient (Wildman–Crippen LogP) is 3.76. The Balaban J connectivity index is 1.88. The Morgan fingerprint density at radius 1 is 1.00 bits per heavy atom. The third-order valence-electron chi connectivity index (χ3n) is 4.30. The van der Waals surface area contributed by atoms with Gasteiger partial charge < -0.3 is 4.90 Å². The molecule has 2 bridgehead atoms. The number of rotatable bonds is 1. The number of fused-ring (bicyclic) bond motifs is 2. The Labute approximate surface area is 98.5 Å². The molecule has 86 valence electrons.